The second-order valence-electron chi connectivity index (χ2n) is 8.70. The van der Waals surface area contributed by atoms with Crippen LogP contribution in [0.3, 0.4) is 0 Å². The average Bonchev–Trinajstić information content (AvgIpc) is 3.57. The summed E-state index contributed by atoms with van der Waals surface area (Å²) in [6.07, 6.45) is 4.59. The van der Waals surface area contributed by atoms with E-state index in [4.69, 9.17) is 17.2 Å². The van der Waals surface area contributed by atoms with Crippen LogP contribution in [0.4, 0.5) is 0 Å². The summed E-state index contributed by atoms with van der Waals surface area (Å²) >= 11 is 0. The number of hydrogen-bond acceptors (Lipinski definition) is 9. The molecule has 12 N–H and O–H groups in total. The van der Waals surface area contributed by atoms with Crippen molar-refractivity contribution < 1.29 is 33.9 Å². The monoisotopic (exact) mass is 548 g/mol. The number of imidazole rings is 2. The highest BCUT2D eigenvalue weighted by atomic mass is 16.4. The Morgan fingerprint density at radius 1 is 0.744 bits per heavy atom. The molecule has 0 saturated heterocycles. The van der Waals surface area contributed by atoms with Crippen molar-refractivity contribution in [3.63, 3.8) is 0 Å². The summed E-state index contributed by atoms with van der Waals surface area (Å²) in [6, 6.07) is -5.17. The van der Waals surface area contributed by atoms with E-state index < -0.39 is 59.7 Å². The first kappa shape index (κ1) is 30.4. The van der Waals surface area contributed by atoms with Gasteiger partial charge in [-0.3, -0.25) is 24.0 Å². The van der Waals surface area contributed by atoms with Crippen LogP contribution in [0.5, 0.6) is 0 Å². The lowest BCUT2D eigenvalue weighted by molar-refractivity contribution is -0.142. The van der Waals surface area contributed by atoms with Crippen LogP contribution >= 0.6 is 0 Å². The van der Waals surface area contributed by atoms with E-state index in [0.717, 1.165) is 0 Å². The summed E-state index contributed by atoms with van der Waals surface area (Å²) in [6.45, 7) is 0. The molecule has 0 radical (unpaired) electrons. The number of aromatic amines is 2. The van der Waals surface area contributed by atoms with Crippen LogP contribution in [-0.2, 0) is 41.6 Å². The average molecular weight is 549 g/mol. The van der Waals surface area contributed by atoms with Gasteiger partial charge in [-0.2, -0.15) is 0 Å². The minimum absolute atomic E-state index is 0.0606. The van der Waals surface area contributed by atoms with Crippen LogP contribution in [0.2, 0.25) is 0 Å². The largest absolute Gasteiger partial charge is 0.480 e. The number of primary amides is 2. The molecule has 17 nitrogen and oxygen atoms in total. The molecular weight excluding hydrogens is 516 g/mol. The Hall–Kier alpha value is -4.80. The molecule has 2 heterocycles. The number of nitrogens with one attached hydrogen (secondary N) is 5. The van der Waals surface area contributed by atoms with Crippen molar-refractivity contribution in [3.05, 3.63) is 36.4 Å². The zero-order valence-corrected chi connectivity index (χ0v) is 20.9. The van der Waals surface area contributed by atoms with Gasteiger partial charge in [0.05, 0.1) is 18.7 Å². The van der Waals surface area contributed by atoms with Crippen molar-refractivity contribution in [2.45, 2.75) is 62.7 Å². The first-order valence-corrected chi connectivity index (χ1v) is 11.9. The number of carbonyl (C=O) groups is 6. The van der Waals surface area contributed by atoms with Crippen molar-refractivity contribution >= 4 is 35.5 Å². The summed E-state index contributed by atoms with van der Waals surface area (Å²) in [5.41, 5.74) is 17.3. The van der Waals surface area contributed by atoms with Crippen molar-refractivity contribution in [1.29, 1.82) is 0 Å². The van der Waals surface area contributed by atoms with Crippen LogP contribution in [-0.4, -0.2) is 84.7 Å². The lowest BCUT2D eigenvalue weighted by Crippen LogP contribution is -2.58. The number of nitrogens with zero attached hydrogens (tertiary/aromatic N) is 2. The Labute approximate surface area is 222 Å². The van der Waals surface area contributed by atoms with Gasteiger partial charge in [-0.1, -0.05) is 0 Å². The fraction of sp³-hybridized carbons (Fsp3) is 0.455. The summed E-state index contributed by atoms with van der Waals surface area (Å²) in [7, 11) is 0. The van der Waals surface area contributed by atoms with Gasteiger partial charge in [-0.05, 0) is 12.8 Å². The van der Waals surface area contributed by atoms with E-state index in [0.29, 0.717) is 11.4 Å². The van der Waals surface area contributed by atoms with E-state index in [2.05, 4.69) is 35.9 Å². The number of carboxylic acids is 1. The number of carbonyl (C=O) groups excluding carboxylic acids is 5. The van der Waals surface area contributed by atoms with Gasteiger partial charge in [0.1, 0.15) is 18.1 Å². The zero-order chi connectivity index (χ0) is 28.9. The number of hydrogen-bond donors (Lipinski definition) is 9. The fourth-order valence-electron chi connectivity index (χ4n) is 3.47. The number of H-pyrrole nitrogens is 2. The Morgan fingerprint density at radius 2 is 1.21 bits per heavy atom. The lowest BCUT2D eigenvalue weighted by atomic mass is 10.1. The Balaban J connectivity index is 2.17. The highest BCUT2D eigenvalue weighted by Gasteiger charge is 2.31. The standard InChI is InChI=1S/C22H32N10O7/c23-13(5-11-7-26-9-28-11)19(35)32-16(6-12-8-27-10-29-12)21(37)30-14(1-3-17(24)33)20(36)31-15(22(38)39)2-4-18(25)34/h7-10,13-16H,1-6,23H2,(H2,24,33)(H2,25,34)(H,26,28)(H,27,29)(H,30,37)(H,31,36)(H,32,35)(H,38,39). The molecule has 0 bridgehead atoms. The predicted molar refractivity (Wildman–Crippen MR) is 133 cm³/mol. The normalized spacial score (nSPS) is 13.9. The number of rotatable bonds is 17. The fourth-order valence-corrected chi connectivity index (χ4v) is 3.47. The van der Waals surface area contributed by atoms with Crippen molar-refractivity contribution in [1.82, 2.24) is 35.9 Å². The minimum atomic E-state index is -1.49. The smallest absolute Gasteiger partial charge is 0.326 e. The molecule has 0 spiro atoms. The molecule has 4 atom stereocenters. The third kappa shape index (κ3) is 10.6. The van der Waals surface area contributed by atoms with E-state index in [-0.39, 0.29) is 38.5 Å². The van der Waals surface area contributed by atoms with Gasteiger partial charge in [0.25, 0.3) is 0 Å². The van der Waals surface area contributed by atoms with Gasteiger partial charge < -0.3 is 48.2 Å². The maximum atomic E-state index is 13.2. The topological polar surface area (TPSA) is 294 Å². The molecule has 212 valence electrons. The van der Waals surface area contributed by atoms with Crippen LogP contribution in [0.25, 0.3) is 0 Å². The van der Waals surface area contributed by atoms with E-state index >= 15 is 0 Å². The quantitative estimate of drug-likeness (QED) is 0.0932. The molecule has 0 saturated carbocycles. The summed E-state index contributed by atoms with van der Waals surface area (Å²) in [4.78, 5) is 86.2. The van der Waals surface area contributed by atoms with Gasteiger partial charge in [-0.15, -0.1) is 0 Å². The number of carboxylic acid groups (broad SMARTS) is 1. The van der Waals surface area contributed by atoms with Gasteiger partial charge in [0, 0.05) is 49.5 Å². The van der Waals surface area contributed by atoms with Crippen LogP contribution in [0.15, 0.2) is 25.0 Å². The summed E-state index contributed by atoms with van der Waals surface area (Å²) in [5, 5.41) is 16.6. The predicted octanol–water partition coefficient (Wildman–Crippen LogP) is -3.68. The second-order valence-corrected chi connectivity index (χ2v) is 8.70. The van der Waals surface area contributed by atoms with Crippen molar-refractivity contribution in [2.24, 2.45) is 17.2 Å². The third-order valence-corrected chi connectivity index (χ3v) is 5.55. The molecule has 0 aliphatic rings. The van der Waals surface area contributed by atoms with E-state index in [1.165, 1.54) is 25.0 Å². The van der Waals surface area contributed by atoms with Crippen LogP contribution in [0.1, 0.15) is 37.1 Å². The highest BCUT2D eigenvalue weighted by Crippen LogP contribution is 2.06. The maximum Gasteiger partial charge on any atom is 0.326 e. The number of aromatic nitrogens is 4. The molecule has 2 aromatic heterocycles. The first-order valence-electron chi connectivity index (χ1n) is 11.9. The van der Waals surface area contributed by atoms with Gasteiger partial charge >= 0.3 is 5.97 Å². The Kier molecular flexibility index (Phi) is 11.6. The van der Waals surface area contributed by atoms with Crippen LogP contribution in [0, 0.1) is 0 Å². The van der Waals surface area contributed by atoms with Gasteiger partial charge in [0.2, 0.25) is 29.5 Å². The van der Waals surface area contributed by atoms with Crippen molar-refractivity contribution in [3.8, 4) is 0 Å². The molecule has 0 fully saturated rings. The molecule has 0 aliphatic carbocycles. The van der Waals surface area contributed by atoms with E-state index in [1.807, 2.05) is 0 Å². The molecule has 2 aromatic rings. The van der Waals surface area contributed by atoms with Crippen LogP contribution < -0.4 is 33.2 Å². The molecule has 0 aromatic carbocycles. The summed E-state index contributed by atoms with van der Waals surface area (Å²) in [5.74, 6) is -5.39. The van der Waals surface area contributed by atoms with Gasteiger partial charge in [-0.25, -0.2) is 14.8 Å². The molecule has 17 heteroatoms. The third-order valence-electron chi connectivity index (χ3n) is 5.55. The van der Waals surface area contributed by atoms with Gasteiger partial charge in [0.15, 0.2) is 0 Å². The second kappa shape index (κ2) is 14.8. The SMILES string of the molecule is NC(=O)CCC(NC(=O)C(CCC(N)=O)NC(=O)C(Cc1cnc[nH]1)NC(=O)C(N)Cc1cnc[nH]1)C(=O)O. The lowest BCUT2D eigenvalue weighted by Gasteiger charge is -2.25. The number of aliphatic carboxylic acids is 1. The zero-order valence-electron chi connectivity index (χ0n) is 20.9. The Morgan fingerprint density at radius 3 is 1.69 bits per heavy atom. The molecule has 0 aliphatic heterocycles. The maximum absolute atomic E-state index is 13.2. The molecule has 4 unspecified atom stereocenters. The first-order chi connectivity index (χ1) is 18.5. The molecule has 2 rings (SSSR count). The van der Waals surface area contributed by atoms with E-state index in [9.17, 15) is 33.9 Å². The summed E-state index contributed by atoms with van der Waals surface area (Å²) < 4.78 is 0. The molecule has 5 amide bonds. The van der Waals surface area contributed by atoms with Crippen molar-refractivity contribution in [2.75, 3.05) is 0 Å². The minimum Gasteiger partial charge on any atom is -0.480 e. The number of nitrogens with two attached hydrogens (primary N) is 3. The molecule has 39 heavy (non-hydrogen) atoms. The molecular formula is C22H32N10O7. The Bertz CT molecular complexity index is 1140. The van der Waals surface area contributed by atoms with E-state index in [1.54, 1.807) is 0 Å². The highest BCUT2D eigenvalue weighted by molar-refractivity contribution is 5.94. The number of amides is 5.